The Morgan fingerprint density at radius 3 is 2.41 bits per heavy atom. The summed E-state index contributed by atoms with van der Waals surface area (Å²) >= 11 is 0. The van der Waals surface area contributed by atoms with Gasteiger partial charge < -0.3 is 15.4 Å². The molecule has 0 unspecified atom stereocenters. The highest BCUT2D eigenvalue weighted by molar-refractivity contribution is 5.64. The van der Waals surface area contributed by atoms with Crippen molar-refractivity contribution in [1.29, 1.82) is 0 Å². The molecule has 0 atom stereocenters. The first kappa shape index (κ1) is 12.1. The van der Waals surface area contributed by atoms with Crippen molar-refractivity contribution >= 4 is 11.4 Å². The minimum absolute atomic E-state index is 0.397. The van der Waals surface area contributed by atoms with E-state index in [9.17, 15) is 0 Å². The van der Waals surface area contributed by atoms with E-state index in [0.717, 1.165) is 24.8 Å². The monoisotopic (exact) mass is 234 g/mol. The van der Waals surface area contributed by atoms with Crippen molar-refractivity contribution in [1.82, 2.24) is 0 Å². The van der Waals surface area contributed by atoms with Crippen molar-refractivity contribution in [3.05, 3.63) is 18.2 Å². The van der Waals surface area contributed by atoms with Gasteiger partial charge in [-0.3, -0.25) is 0 Å². The lowest BCUT2D eigenvalue weighted by atomic mass is 9.76. The molecular weight excluding hydrogens is 212 g/mol. The van der Waals surface area contributed by atoms with Gasteiger partial charge in [0.1, 0.15) is 5.75 Å². The molecule has 94 valence electrons. The van der Waals surface area contributed by atoms with E-state index in [4.69, 9.17) is 10.5 Å². The smallest absolute Gasteiger partial charge is 0.141 e. The Balaban J connectivity index is 2.04. The fourth-order valence-electron chi connectivity index (χ4n) is 2.16. The van der Waals surface area contributed by atoms with Gasteiger partial charge in [0.15, 0.2) is 0 Å². The summed E-state index contributed by atoms with van der Waals surface area (Å²) in [6.45, 7) is 9.15. The Morgan fingerprint density at radius 2 is 1.94 bits per heavy atom. The predicted octanol–water partition coefficient (Wildman–Crippen LogP) is 2.76. The number of anilines is 2. The fraction of sp³-hybridized carbons (Fsp3) is 0.571. The Kier molecular flexibility index (Phi) is 2.94. The number of ether oxygens (including phenoxy) is 1. The maximum Gasteiger partial charge on any atom is 0.141 e. The molecule has 1 aliphatic heterocycles. The summed E-state index contributed by atoms with van der Waals surface area (Å²) in [5.41, 5.74) is 8.22. The van der Waals surface area contributed by atoms with Gasteiger partial charge >= 0.3 is 0 Å². The third-order valence-electron chi connectivity index (χ3n) is 3.68. The maximum absolute atomic E-state index is 5.92. The summed E-state index contributed by atoms with van der Waals surface area (Å²) in [5, 5.41) is 0. The standard InChI is InChI=1S/C14H22N2O/c1-14(2,3)10-8-16(9-10)11-5-6-13(17-4)12(15)7-11/h5-7,10H,8-9,15H2,1-4H3. The van der Waals surface area contributed by atoms with Gasteiger partial charge in [0.2, 0.25) is 0 Å². The van der Waals surface area contributed by atoms with Crippen molar-refractivity contribution in [2.45, 2.75) is 20.8 Å². The Morgan fingerprint density at radius 1 is 1.29 bits per heavy atom. The topological polar surface area (TPSA) is 38.5 Å². The fourth-order valence-corrected chi connectivity index (χ4v) is 2.16. The maximum atomic E-state index is 5.92. The van der Waals surface area contributed by atoms with E-state index < -0.39 is 0 Å². The van der Waals surface area contributed by atoms with E-state index in [0.29, 0.717) is 11.1 Å². The van der Waals surface area contributed by atoms with Crippen LogP contribution in [0, 0.1) is 11.3 Å². The van der Waals surface area contributed by atoms with Crippen molar-refractivity contribution in [2.75, 3.05) is 30.8 Å². The molecule has 1 saturated heterocycles. The van der Waals surface area contributed by atoms with Gasteiger partial charge in [-0.2, -0.15) is 0 Å². The molecule has 1 aromatic rings. The minimum atomic E-state index is 0.397. The number of rotatable bonds is 2. The highest BCUT2D eigenvalue weighted by atomic mass is 16.5. The zero-order valence-electron chi connectivity index (χ0n) is 11.2. The lowest BCUT2D eigenvalue weighted by molar-refractivity contribution is 0.195. The van der Waals surface area contributed by atoms with E-state index in [1.165, 1.54) is 5.69 Å². The molecule has 0 amide bonds. The van der Waals surface area contributed by atoms with E-state index >= 15 is 0 Å². The number of hydrogen-bond donors (Lipinski definition) is 1. The summed E-state index contributed by atoms with van der Waals surface area (Å²) in [7, 11) is 1.64. The first-order valence-corrected chi connectivity index (χ1v) is 6.10. The van der Waals surface area contributed by atoms with Crippen LogP contribution in [0.4, 0.5) is 11.4 Å². The lowest BCUT2D eigenvalue weighted by Crippen LogP contribution is -2.52. The molecule has 0 aliphatic carbocycles. The zero-order chi connectivity index (χ0) is 12.6. The second-order valence-corrected chi connectivity index (χ2v) is 5.89. The molecular formula is C14H22N2O. The van der Waals surface area contributed by atoms with E-state index in [2.05, 4.69) is 31.7 Å². The predicted molar refractivity (Wildman–Crippen MR) is 72.6 cm³/mol. The second kappa shape index (κ2) is 4.13. The molecule has 0 spiro atoms. The van der Waals surface area contributed by atoms with E-state index in [1.807, 2.05) is 12.1 Å². The van der Waals surface area contributed by atoms with Crippen LogP contribution in [-0.2, 0) is 0 Å². The van der Waals surface area contributed by atoms with Gasteiger partial charge in [-0.15, -0.1) is 0 Å². The molecule has 0 radical (unpaired) electrons. The minimum Gasteiger partial charge on any atom is -0.495 e. The van der Waals surface area contributed by atoms with E-state index in [-0.39, 0.29) is 0 Å². The summed E-state index contributed by atoms with van der Waals surface area (Å²) in [4.78, 5) is 2.37. The molecule has 1 fully saturated rings. The average molecular weight is 234 g/mol. The third-order valence-corrected chi connectivity index (χ3v) is 3.68. The Hall–Kier alpha value is -1.38. The van der Waals surface area contributed by atoms with Gasteiger partial charge in [-0.05, 0) is 29.5 Å². The molecule has 1 aliphatic rings. The molecule has 3 nitrogen and oxygen atoms in total. The Bertz CT molecular complexity index is 403. The van der Waals surface area contributed by atoms with Crippen LogP contribution in [0.3, 0.4) is 0 Å². The van der Waals surface area contributed by atoms with Gasteiger partial charge in [0.05, 0.1) is 12.8 Å². The first-order chi connectivity index (χ1) is 7.91. The van der Waals surface area contributed by atoms with Crippen LogP contribution in [0.5, 0.6) is 5.75 Å². The van der Waals surface area contributed by atoms with Crippen LogP contribution in [0.1, 0.15) is 20.8 Å². The molecule has 0 aromatic heterocycles. The zero-order valence-corrected chi connectivity index (χ0v) is 11.2. The summed E-state index contributed by atoms with van der Waals surface area (Å²) < 4.78 is 5.16. The van der Waals surface area contributed by atoms with Crippen LogP contribution in [0.2, 0.25) is 0 Å². The highest BCUT2D eigenvalue weighted by Crippen LogP contribution is 2.37. The normalized spacial score (nSPS) is 16.8. The van der Waals surface area contributed by atoms with Crippen LogP contribution in [-0.4, -0.2) is 20.2 Å². The van der Waals surface area contributed by atoms with Crippen LogP contribution in [0.25, 0.3) is 0 Å². The average Bonchev–Trinajstić information content (AvgIpc) is 2.13. The van der Waals surface area contributed by atoms with Crippen molar-refractivity contribution in [3.8, 4) is 5.75 Å². The molecule has 2 N–H and O–H groups in total. The lowest BCUT2D eigenvalue weighted by Gasteiger charge is -2.47. The molecule has 0 saturated carbocycles. The highest BCUT2D eigenvalue weighted by Gasteiger charge is 2.35. The summed E-state index contributed by atoms with van der Waals surface area (Å²) in [5.74, 6) is 1.52. The van der Waals surface area contributed by atoms with Crippen molar-refractivity contribution in [3.63, 3.8) is 0 Å². The number of hydrogen-bond acceptors (Lipinski definition) is 3. The van der Waals surface area contributed by atoms with Crippen molar-refractivity contribution < 1.29 is 4.74 Å². The molecule has 0 bridgehead atoms. The molecule has 2 rings (SSSR count). The number of nitrogen functional groups attached to an aromatic ring is 1. The number of nitrogens with two attached hydrogens (primary N) is 1. The van der Waals surface area contributed by atoms with Crippen molar-refractivity contribution in [2.24, 2.45) is 11.3 Å². The second-order valence-electron chi connectivity index (χ2n) is 5.89. The molecule has 17 heavy (non-hydrogen) atoms. The van der Waals surface area contributed by atoms with Gasteiger partial charge in [0.25, 0.3) is 0 Å². The Labute approximate surface area is 104 Å². The number of methoxy groups -OCH3 is 1. The quantitative estimate of drug-likeness (QED) is 0.800. The molecule has 3 heteroatoms. The van der Waals surface area contributed by atoms with Crippen LogP contribution >= 0.6 is 0 Å². The largest absolute Gasteiger partial charge is 0.495 e. The SMILES string of the molecule is COc1ccc(N2CC(C(C)(C)C)C2)cc1N. The molecule has 1 aromatic carbocycles. The van der Waals surface area contributed by atoms with Crippen LogP contribution < -0.4 is 15.4 Å². The van der Waals surface area contributed by atoms with Crippen LogP contribution in [0.15, 0.2) is 18.2 Å². The summed E-state index contributed by atoms with van der Waals surface area (Å²) in [6, 6.07) is 6.01. The summed E-state index contributed by atoms with van der Waals surface area (Å²) in [6.07, 6.45) is 0. The van der Waals surface area contributed by atoms with Gasteiger partial charge in [0, 0.05) is 18.8 Å². The number of nitrogens with zero attached hydrogens (tertiary/aromatic N) is 1. The van der Waals surface area contributed by atoms with Gasteiger partial charge in [-0.25, -0.2) is 0 Å². The molecule has 1 heterocycles. The third kappa shape index (κ3) is 2.33. The van der Waals surface area contributed by atoms with E-state index in [1.54, 1.807) is 7.11 Å². The first-order valence-electron chi connectivity index (χ1n) is 6.10. The van der Waals surface area contributed by atoms with Gasteiger partial charge in [-0.1, -0.05) is 20.8 Å². The number of benzene rings is 1.